The van der Waals surface area contributed by atoms with E-state index in [2.05, 4.69) is 4.98 Å². The second kappa shape index (κ2) is 6.76. The zero-order valence-electron chi connectivity index (χ0n) is 14.0. The van der Waals surface area contributed by atoms with Crippen LogP contribution in [0.3, 0.4) is 0 Å². The topological polar surface area (TPSA) is 92.9 Å². The first-order chi connectivity index (χ1) is 12.7. The van der Waals surface area contributed by atoms with E-state index in [1.165, 1.54) is 23.6 Å². The third-order valence-corrected chi connectivity index (χ3v) is 4.73. The predicted octanol–water partition coefficient (Wildman–Crippen LogP) is 2.28. The molecule has 4 rings (SSSR count). The number of Topliss-reactive ketones (excluding diaryl/α,β-unsaturated/α-hetero) is 1. The molecule has 1 amide bonds. The van der Waals surface area contributed by atoms with Crippen molar-refractivity contribution in [2.45, 2.75) is 25.0 Å². The molecule has 2 aliphatic heterocycles. The second-order valence-corrected chi connectivity index (χ2v) is 6.34. The van der Waals surface area contributed by atoms with Crippen molar-refractivity contribution < 1.29 is 23.8 Å². The molecule has 2 atom stereocenters. The summed E-state index contributed by atoms with van der Waals surface area (Å²) in [5.74, 6) is -1.18. The van der Waals surface area contributed by atoms with E-state index in [9.17, 15) is 14.7 Å². The van der Waals surface area contributed by atoms with Gasteiger partial charge < -0.3 is 19.2 Å². The molecule has 134 valence electrons. The summed E-state index contributed by atoms with van der Waals surface area (Å²) in [4.78, 5) is 30.7. The number of hydrogen-bond donors (Lipinski definition) is 1. The molecule has 2 aromatic heterocycles. The van der Waals surface area contributed by atoms with Crippen LogP contribution in [0.15, 0.2) is 52.9 Å². The number of amides is 1. The van der Waals surface area contributed by atoms with Crippen molar-refractivity contribution in [3.05, 3.63) is 59.8 Å². The number of likely N-dealkylation sites (tertiary alicyclic amines) is 1. The maximum Gasteiger partial charge on any atom is 0.295 e. The standard InChI is InChI=1S/C19H18N2O5/c22-17(12-5-7-20-8-6-12)15-16(14-4-2-10-26-14)21(19(24)18(15)23)11-13-3-1-9-25-13/h2,4-8,10,13,16,22H,1,3,9,11H2/b17-15-. The lowest BCUT2D eigenvalue weighted by Crippen LogP contribution is -2.36. The van der Waals surface area contributed by atoms with Crippen LogP contribution in [0.2, 0.25) is 0 Å². The minimum Gasteiger partial charge on any atom is -0.507 e. The van der Waals surface area contributed by atoms with Gasteiger partial charge in [-0.25, -0.2) is 0 Å². The summed E-state index contributed by atoms with van der Waals surface area (Å²) in [5, 5.41) is 10.7. The number of carbonyl (C=O) groups excluding carboxylic acids is 2. The molecule has 0 saturated carbocycles. The molecule has 2 aliphatic rings. The van der Waals surface area contributed by atoms with Gasteiger partial charge in [0.15, 0.2) is 0 Å². The molecule has 2 unspecified atom stereocenters. The Labute approximate surface area is 149 Å². The van der Waals surface area contributed by atoms with E-state index in [4.69, 9.17) is 9.15 Å². The van der Waals surface area contributed by atoms with Gasteiger partial charge in [-0.2, -0.15) is 0 Å². The smallest absolute Gasteiger partial charge is 0.295 e. The van der Waals surface area contributed by atoms with E-state index < -0.39 is 17.7 Å². The van der Waals surface area contributed by atoms with Gasteiger partial charge in [0.2, 0.25) is 0 Å². The van der Waals surface area contributed by atoms with Gasteiger partial charge in [-0.1, -0.05) is 0 Å². The Hall–Kier alpha value is -2.93. The molecule has 7 nitrogen and oxygen atoms in total. The average Bonchev–Trinajstić information content (AvgIpc) is 3.41. The average molecular weight is 354 g/mol. The molecular formula is C19H18N2O5. The molecular weight excluding hydrogens is 336 g/mol. The van der Waals surface area contributed by atoms with Crippen molar-refractivity contribution in [3.8, 4) is 0 Å². The number of ketones is 1. The maximum absolute atomic E-state index is 12.7. The van der Waals surface area contributed by atoms with E-state index in [-0.39, 0.29) is 24.0 Å². The summed E-state index contributed by atoms with van der Waals surface area (Å²) in [6, 6.07) is 5.78. The molecule has 2 aromatic rings. The van der Waals surface area contributed by atoms with Crippen molar-refractivity contribution in [2.75, 3.05) is 13.2 Å². The maximum atomic E-state index is 12.7. The van der Waals surface area contributed by atoms with Crippen LogP contribution in [0.4, 0.5) is 0 Å². The lowest BCUT2D eigenvalue weighted by Gasteiger charge is -2.25. The predicted molar refractivity (Wildman–Crippen MR) is 90.9 cm³/mol. The first-order valence-corrected chi connectivity index (χ1v) is 8.50. The summed E-state index contributed by atoms with van der Waals surface area (Å²) < 4.78 is 11.1. The van der Waals surface area contributed by atoms with E-state index in [1.54, 1.807) is 24.3 Å². The number of nitrogens with zero attached hydrogens (tertiary/aromatic N) is 2. The molecule has 26 heavy (non-hydrogen) atoms. The van der Waals surface area contributed by atoms with Crippen molar-refractivity contribution in [1.29, 1.82) is 0 Å². The molecule has 2 fully saturated rings. The molecule has 2 saturated heterocycles. The SMILES string of the molecule is O=C1C(=O)N(CC2CCCO2)C(c2ccco2)/C1=C(/O)c1ccncc1. The van der Waals surface area contributed by atoms with Crippen molar-refractivity contribution in [1.82, 2.24) is 9.88 Å². The highest BCUT2D eigenvalue weighted by molar-refractivity contribution is 6.46. The Morgan fingerprint density at radius 2 is 2.08 bits per heavy atom. The summed E-state index contributed by atoms with van der Waals surface area (Å²) in [5.41, 5.74) is 0.445. The number of furan rings is 1. The normalized spacial score (nSPS) is 25.2. The molecule has 0 aromatic carbocycles. The van der Waals surface area contributed by atoms with Gasteiger partial charge >= 0.3 is 0 Å². The van der Waals surface area contributed by atoms with Gasteiger partial charge in [0.25, 0.3) is 11.7 Å². The Morgan fingerprint density at radius 3 is 2.73 bits per heavy atom. The lowest BCUT2D eigenvalue weighted by molar-refractivity contribution is -0.141. The van der Waals surface area contributed by atoms with Crippen LogP contribution < -0.4 is 0 Å². The van der Waals surface area contributed by atoms with E-state index in [0.29, 0.717) is 17.9 Å². The van der Waals surface area contributed by atoms with Crippen molar-refractivity contribution in [3.63, 3.8) is 0 Å². The minimum absolute atomic E-state index is 0.0224. The zero-order chi connectivity index (χ0) is 18.1. The first-order valence-electron chi connectivity index (χ1n) is 8.50. The summed E-state index contributed by atoms with van der Waals surface area (Å²) in [7, 11) is 0. The number of aliphatic hydroxyl groups is 1. The van der Waals surface area contributed by atoms with Gasteiger partial charge in [0.1, 0.15) is 17.6 Å². The summed E-state index contributed by atoms with van der Waals surface area (Å²) in [6.07, 6.45) is 6.15. The number of hydrogen-bond acceptors (Lipinski definition) is 6. The van der Waals surface area contributed by atoms with Crippen molar-refractivity contribution >= 4 is 17.4 Å². The highest BCUT2D eigenvalue weighted by atomic mass is 16.5. The van der Waals surface area contributed by atoms with Gasteiger partial charge in [-0.05, 0) is 37.1 Å². The number of carbonyl (C=O) groups is 2. The zero-order valence-corrected chi connectivity index (χ0v) is 14.0. The highest BCUT2D eigenvalue weighted by Gasteiger charge is 2.48. The third-order valence-electron chi connectivity index (χ3n) is 4.73. The van der Waals surface area contributed by atoms with Gasteiger partial charge in [0.05, 0.1) is 17.9 Å². The van der Waals surface area contributed by atoms with Crippen LogP contribution >= 0.6 is 0 Å². The van der Waals surface area contributed by atoms with Gasteiger partial charge in [0, 0.05) is 31.1 Å². The fraction of sp³-hybridized carbons (Fsp3) is 0.316. The van der Waals surface area contributed by atoms with Crippen LogP contribution in [0.1, 0.15) is 30.2 Å². The number of ether oxygens (including phenoxy) is 1. The fourth-order valence-corrected chi connectivity index (χ4v) is 3.48. The van der Waals surface area contributed by atoms with Crippen LogP contribution in [0, 0.1) is 0 Å². The largest absolute Gasteiger partial charge is 0.507 e. The first kappa shape index (κ1) is 16.5. The Kier molecular flexibility index (Phi) is 4.30. The quantitative estimate of drug-likeness (QED) is 0.514. The lowest BCUT2D eigenvalue weighted by atomic mass is 9.99. The Morgan fingerprint density at radius 1 is 1.27 bits per heavy atom. The van der Waals surface area contributed by atoms with Crippen LogP contribution in [-0.4, -0.2) is 45.9 Å². The fourth-order valence-electron chi connectivity index (χ4n) is 3.48. The number of pyridine rings is 1. The van der Waals surface area contributed by atoms with Gasteiger partial charge in [-0.15, -0.1) is 0 Å². The van der Waals surface area contributed by atoms with E-state index in [0.717, 1.165) is 12.8 Å². The van der Waals surface area contributed by atoms with Crippen LogP contribution in [-0.2, 0) is 14.3 Å². The Bertz CT molecular complexity index is 838. The Balaban J connectivity index is 1.79. The van der Waals surface area contributed by atoms with Crippen molar-refractivity contribution in [2.24, 2.45) is 0 Å². The number of aliphatic hydroxyl groups excluding tert-OH is 1. The molecule has 7 heteroatoms. The van der Waals surface area contributed by atoms with E-state index in [1.807, 2.05) is 0 Å². The monoisotopic (exact) mass is 354 g/mol. The number of aromatic nitrogens is 1. The molecule has 4 heterocycles. The second-order valence-electron chi connectivity index (χ2n) is 6.34. The van der Waals surface area contributed by atoms with Crippen LogP contribution in [0.5, 0.6) is 0 Å². The molecule has 0 spiro atoms. The van der Waals surface area contributed by atoms with E-state index >= 15 is 0 Å². The molecule has 0 aliphatic carbocycles. The summed E-state index contributed by atoms with van der Waals surface area (Å²) in [6.45, 7) is 0.931. The third kappa shape index (κ3) is 2.80. The molecule has 1 N–H and O–H groups in total. The van der Waals surface area contributed by atoms with Gasteiger partial charge in [-0.3, -0.25) is 14.6 Å². The molecule has 0 radical (unpaired) electrons. The van der Waals surface area contributed by atoms with Crippen LogP contribution in [0.25, 0.3) is 5.76 Å². The molecule has 0 bridgehead atoms. The minimum atomic E-state index is -0.776. The summed E-state index contributed by atoms with van der Waals surface area (Å²) >= 11 is 0. The number of rotatable bonds is 4. The highest BCUT2D eigenvalue weighted by Crippen LogP contribution is 2.40.